The fourth-order valence-corrected chi connectivity index (χ4v) is 4.95. The van der Waals surface area contributed by atoms with Gasteiger partial charge in [0.25, 0.3) is 5.56 Å². The molecule has 1 aliphatic heterocycles. The van der Waals surface area contributed by atoms with Gasteiger partial charge in [-0.3, -0.25) is 14.2 Å². The smallest absolute Gasteiger partial charge is 0.337 e. The number of rotatable bonds is 8. The largest absolute Gasteiger partial charge is 0.465 e. The fourth-order valence-electron chi connectivity index (χ4n) is 4.00. The van der Waals surface area contributed by atoms with Gasteiger partial charge in [0, 0.05) is 20.2 Å². The molecule has 1 aliphatic rings. The highest BCUT2D eigenvalue weighted by atomic mass is 32.2. The van der Waals surface area contributed by atoms with Gasteiger partial charge in [0.15, 0.2) is 5.16 Å². The van der Waals surface area contributed by atoms with Crippen molar-refractivity contribution in [3.63, 3.8) is 0 Å². The minimum Gasteiger partial charge on any atom is -0.465 e. The summed E-state index contributed by atoms with van der Waals surface area (Å²) in [6, 6.07) is 12.8. The van der Waals surface area contributed by atoms with Crippen molar-refractivity contribution in [3.05, 3.63) is 69.5 Å². The predicted octanol–water partition coefficient (Wildman–Crippen LogP) is 3.42. The number of hydrogen-bond acceptors (Lipinski definition) is 7. The van der Waals surface area contributed by atoms with Gasteiger partial charge in [-0.2, -0.15) is 0 Å². The second-order valence-electron chi connectivity index (χ2n) is 8.69. The summed E-state index contributed by atoms with van der Waals surface area (Å²) in [4.78, 5) is 44.6. The third-order valence-electron chi connectivity index (χ3n) is 6.04. The second kappa shape index (κ2) is 11.0. The molecule has 0 aliphatic carbocycles. The number of fused-ring (bicyclic) bond motifs is 1. The lowest BCUT2D eigenvalue weighted by atomic mass is 10.1. The van der Waals surface area contributed by atoms with Crippen molar-refractivity contribution in [3.8, 4) is 0 Å². The van der Waals surface area contributed by atoms with Crippen molar-refractivity contribution in [1.29, 1.82) is 0 Å². The van der Waals surface area contributed by atoms with Crippen LogP contribution in [0, 0.1) is 6.92 Å². The Bertz CT molecular complexity index is 1280. The molecule has 9 heteroatoms. The molecule has 1 fully saturated rings. The summed E-state index contributed by atoms with van der Waals surface area (Å²) in [7, 11) is 3.07. The Morgan fingerprint density at radius 3 is 2.69 bits per heavy atom. The number of carbonyl (C=O) groups excluding carboxylic acids is 2. The van der Waals surface area contributed by atoms with Crippen molar-refractivity contribution >= 4 is 34.5 Å². The van der Waals surface area contributed by atoms with E-state index in [1.165, 1.54) is 24.4 Å². The van der Waals surface area contributed by atoms with Crippen LogP contribution in [0.2, 0.25) is 0 Å². The fraction of sp³-hybridized carbons (Fsp3) is 0.385. The Hall–Kier alpha value is -3.17. The number of aryl methyl sites for hydroxylation is 1. The number of thioether (sulfide) groups is 1. The van der Waals surface area contributed by atoms with Crippen molar-refractivity contribution < 1.29 is 19.1 Å². The molecule has 1 saturated heterocycles. The van der Waals surface area contributed by atoms with Crippen LogP contribution in [0.4, 0.5) is 0 Å². The average Bonchev–Trinajstić information content (AvgIpc) is 3.38. The number of benzene rings is 2. The minimum atomic E-state index is -0.501. The van der Waals surface area contributed by atoms with Crippen molar-refractivity contribution in [2.24, 2.45) is 0 Å². The van der Waals surface area contributed by atoms with Crippen LogP contribution in [0.5, 0.6) is 0 Å². The number of amides is 1. The van der Waals surface area contributed by atoms with Crippen LogP contribution >= 0.6 is 11.8 Å². The summed E-state index contributed by atoms with van der Waals surface area (Å²) in [5.41, 5.74) is 2.70. The van der Waals surface area contributed by atoms with Gasteiger partial charge in [-0.25, -0.2) is 9.78 Å². The summed E-state index contributed by atoms with van der Waals surface area (Å²) in [5, 5.41) is 0.833. The first-order valence-electron chi connectivity index (χ1n) is 11.5. The Morgan fingerprint density at radius 2 is 2.00 bits per heavy atom. The van der Waals surface area contributed by atoms with E-state index in [4.69, 9.17) is 9.47 Å². The van der Waals surface area contributed by atoms with Crippen LogP contribution in [-0.2, 0) is 27.4 Å². The third-order valence-corrected chi connectivity index (χ3v) is 7.00. The van der Waals surface area contributed by atoms with E-state index in [1.807, 2.05) is 31.2 Å². The first-order valence-corrected chi connectivity index (χ1v) is 12.5. The maximum Gasteiger partial charge on any atom is 0.337 e. The van der Waals surface area contributed by atoms with E-state index in [0.717, 1.165) is 18.4 Å². The van der Waals surface area contributed by atoms with E-state index in [0.29, 0.717) is 41.3 Å². The van der Waals surface area contributed by atoms with Gasteiger partial charge in [-0.05, 0) is 43.5 Å². The molecule has 0 bridgehead atoms. The standard InChI is InChI=1S/C26H29N3O5S/c1-17-6-8-18(9-7-17)14-28(2)23(30)16-35-26-27-22-13-19(25(32)33-3)10-11-21(22)24(31)29(26)15-20-5-4-12-34-20/h6-11,13,20H,4-5,12,14-16H2,1-3H3. The molecule has 4 rings (SSSR count). The zero-order chi connectivity index (χ0) is 24.9. The van der Waals surface area contributed by atoms with E-state index in [1.54, 1.807) is 34.7 Å². The molecule has 2 aromatic carbocycles. The molecule has 1 amide bonds. The molecule has 1 atom stereocenters. The number of methoxy groups -OCH3 is 1. The Morgan fingerprint density at radius 1 is 1.23 bits per heavy atom. The molecule has 35 heavy (non-hydrogen) atoms. The molecule has 3 aromatic rings. The first-order chi connectivity index (χ1) is 16.9. The molecule has 0 spiro atoms. The molecule has 184 valence electrons. The van der Waals surface area contributed by atoms with Gasteiger partial charge in [0.2, 0.25) is 5.91 Å². The molecule has 0 radical (unpaired) electrons. The summed E-state index contributed by atoms with van der Waals surface area (Å²) < 4.78 is 12.1. The van der Waals surface area contributed by atoms with Crippen molar-refractivity contribution in [2.75, 3.05) is 26.5 Å². The molecule has 0 N–H and O–H groups in total. The van der Waals surface area contributed by atoms with Gasteiger partial charge in [-0.1, -0.05) is 41.6 Å². The van der Waals surface area contributed by atoms with Crippen molar-refractivity contribution in [1.82, 2.24) is 14.5 Å². The molecule has 1 unspecified atom stereocenters. The number of nitrogens with zero attached hydrogens (tertiary/aromatic N) is 3. The van der Waals surface area contributed by atoms with Gasteiger partial charge < -0.3 is 14.4 Å². The molecular weight excluding hydrogens is 466 g/mol. The summed E-state index contributed by atoms with van der Waals surface area (Å²) >= 11 is 1.22. The van der Waals surface area contributed by atoms with Gasteiger partial charge in [-0.15, -0.1) is 0 Å². The highest BCUT2D eigenvalue weighted by Gasteiger charge is 2.22. The summed E-state index contributed by atoms with van der Waals surface area (Å²) in [6.45, 7) is 3.57. The second-order valence-corrected chi connectivity index (χ2v) is 9.64. The lowest BCUT2D eigenvalue weighted by molar-refractivity contribution is -0.127. The maximum absolute atomic E-state index is 13.4. The van der Waals surface area contributed by atoms with Gasteiger partial charge in [0.1, 0.15) is 0 Å². The lowest BCUT2D eigenvalue weighted by Crippen LogP contribution is -2.30. The number of hydrogen-bond donors (Lipinski definition) is 0. The SMILES string of the molecule is COC(=O)c1ccc2c(=O)n(CC3CCCO3)c(SCC(=O)N(C)Cc3ccc(C)cc3)nc2c1. The van der Waals surface area contributed by atoms with E-state index in [2.05, 4.69) is 4.98 Å². The van der Waals surface area contributed by atoms with Gasteiger partial charge >= 0.3 is 5.97 Å². The van der Waals surface area contributed by atoms with E-state index < -0.39 is 5.97 Å². The zero-order valence-corrected chi connectivity index (χ0v) is 21.0. The number of esters is 1. The number of carbonyl (C=O) groups is 2. The molecule has 8 nitrogen and oxygen atoms in total. The normalized spacial score (nSPS) is 15.3. The summed E-state index contributed by atoms with van der Waals surface area (Å²) in [6.07, 6.45) is 1.75. The molecule has 1 aromatic heterocycles. The van der Waals surface area contributed by atoms with Gasteiger partial charge in [0.05, 0.1) is 42.0 Å². The maximum atomic E-state index is 13.4. The van der Waals surface area contributed by atoms with Crippen LogP contribution in [0.15, 0.2) is 52.4 Å². The number of ether oxygens (including phenoxy) is 2. The summed E-state index contributed by atoms with van der Waals surface area (Å²) in [5.74, 6) is -0.445. The van der Waals surface area contributed by atoms with Crippen LogP contribution in [-0.4, -0.2) is 58.9 Å². The quantitative estimate of drug-likeness (QED) is 0.269. The lowest BCUT2D eigenvalue weighted by Gasteiger charge is -2.19. The van der Waals surface area contributed by atoms with Crippen LogP contribution in [0.1, 0.15) is 34.3 Å². The van der Waals surface area contributed by atoms with Crippen molar-refractivity contribution in [2.45, 2.75) is 44.1 Å². The van der Waals surface area contributed by atoms with Crippen LogP contribution < -0.4 is 5.56 Å². The Labute approximate surface area is 208 Å². The Balaban J connectivity index is 1.58. The molecule has 0 saturated carbocycles. The van der Waals surface area contributed by atoms with Crippen LogP contribution in [0.3, 0.4) is 0 Å². The van der Waals surface area contributed by atoms with Crippen LogP contribution in [0.25, 0.3) is 10.9 Å². The molecule has 2 heterocycles. The van der Waals surface area contributed by atoms with E-state index in [-0.39, 0.29) is 23.3 Å². The predicted molar refractivity (Wildman–Crippen MR) is 135 cm³/mol. The Kier molecular flexibility index (Phi) is 7.87. The van der Waals surface area contributed by atoms with E-state index >= 15 is 0 Å². The average molecular weight is 496 g/mol. The minimum absolute atomic E-state index is 0.0689. The third kappa shape index (κ3) is 5.91. The highest BCUT2D eigenvalue weighted by Crippen LogP contribution is 2.22. The highest BCUT2D eigenvalue weighted by molar-refractivity contribution is 7.99. The topological polar surface area (TPSA) is 90.7 Å². The molecular formula is C26H29N3O5S. The first kappa shape index (κ1) is 24.9. The number of aromatic nitrogens is 2. The zero-order valence-electron chi connectivity index (χ0n) is 20.2. The monoisotopic (exact) mass is 495 g/mol. The van der Waals surface area contributed by atoms with E-state index in [9.17, 15) is 14.4 Å².